The van der Waals surface area contributed by atoms with Crippen LogP contribution in [0.4, 0.5) is 5.69 Å². The predicted molar refractivity (Wildman–Crippen MR) is 64.5 cm³/mol. The van der Waals surface area contributed by atoms with E-state index in [9.17, 15) is 8.42 Å². The van der Waals surface area contributed by atoms with Crippen molar-refractivity contribution in [1.82, 2.24) is 0 Å². The highest BCUT2D eigenvalue weighted by Gasteiger charge is 2.18. The molecule has 0 amide bonds. The first-order valence-corrected chi connectivity index (χ1v) is 6.58. The maximum atomic E-state index is 11.6. The summed E-state index contributed by atoms with van der Waals surface area (Å²) < 4.78 is 23.2. The van der Waals surface area contributed by atoms with E-state index in [-0.39, 0.29) is 0 Å². The Labute approximate surface area is 92.2 Å². The molecule has 2 N–H and O–H groups in total. The molecule has 0 saturated carbocycles. The van der Waals surface area contributed by atoms with Gasteiger partial charge in [-0.15, -0.1) is 0 Å². The number of hydrogen-bond acceptors (Lipinski definition) is 3. The van der Waals surface area contributed by atoms with Crippen LogP contribution in [0.1, 0.15) is 27.7 Å². The van der Waals surface area contributed by atoms with Crippen molar-refractivity contribution in [2.24, 2.45) is 0 Å². The van der Waals surface area contributed by atoms with Gasteiger partial charge >= 0.3 is 0 Å². The zero-order chi connectivity index (χ0) is 12.1. The van der Waals surface area contributed by atoms with Crippen molar-refractivity contribution in [3.8, 4) is 0 Å². The molecular formula is C11H19NO2S. The molecule has 1 aromatic carbocycles. The van der Waals surface area contributed by atoms with Crippen LogP contribution in [0, 0.1) is 0 Å². The lowest BCUT2D eigenvalue weighted by molar-refractivity contribution is 0.587. The molecule has 0 radical (unpaired) electrons. The Morgan fingerprint density at radius 1 is 1.07 bits per heavy atom. The van der Waals surface area contributed by atoms with Crippen LogP contribution in [0.5, 0.6) is 0 Å². The number of hydrogen-bond donors (Lipinski definition) is 1. The Morgan fingerprint density at radius 2 is 1.47 bits per heavy atom. The lowest BCUT2D eigenvalue weighted by atomic mass is 10.3. The Hall–Kier alpha value is -1.03. The Kier molecular flexibility index (Phi) is 5.36. The highest BCUT2D eigenvalue weighted by atomic mass is 32.2. The van der Waals surface area contributed by atoms with Gasteiger partial charge in [-0.3, -0.25) is 0 Å². The van der Waals surface area contributed by atoms with Crippen LogP contribution in [0.25, 0.3) is 0 Å². The first-order valence-electron chi connectivity index (χ1n) is 5.04. The molecule has 0 aromatic heterocycles. The zero-order valence-electron chi connectivity index (χ0n) is 9.69. The minimum Gasteiger partial charge on any atom is -0.399 e. The third-order valence-electron chi connectivity index (χ3n) is 1.83. The van der Waals surface area contributed by atoms with E-state index in [4.69, 9.17) is 5.73 Å². The first-order chi connectivity index (χ1) is 6.94. The molecule has 1 aromatic rings. The van der Waals surface area contributed by atoms with Crippen LogP contribution in [-0.4, -0.2) is 13.7 Å². The quantitative estimate of drug-likeness (QED) is 0.792. The van der Waals surface area contributed by atoms with Crippen molar-refractivity contribution in [2.45, 2.75) is 37.8 Å². The SMILES string of the molecule is CC.CC(C)S(=O)(=O)c1ccc(N)cc1. The monoisotopic (exact) mass is 229 g/mol. The number of nitrogen functional groups attached to an aromatic ring is 1. The van der Waals surface area contributed by atoms with Crippen molar-refractivity contribution >= 4 is 15.5 Å². The lowest BCUT2D eigenvalue weighted by Gasteiger charge is -2.07. The molecule has 0 aliphatic heterocycles. The van der Waals surface area contributed by atoms with Crippen LogP contribution in [0.2, 0.25) is 0 Å². The van der Waals surface area contributed by atoms with E-state index in [1.165, 1.54) is 12.1 Å². The van der Waals surface area contributed by atoms with Crippen molar-refractivity contribution in [1.29, 1.82) is 0 Å². The van der Waals surface area contributed by atoms with Gasteiger partial charge in [0.25, 0.3) is 0 Å². The largest absolute Gasteiger partial charge is 0.399 e. The summed E-state index contributed by atoms with van der Waals surface area (Å²) in [4.78, 5) is 0.330. The topological polar surface area (TPSA) is 60.2 Å². The second-order valence-corrected chi connectivity index (χ2v) is 5.67. The second-order valence-electron chi connectivity index (χ2n) is 3.16. The van der Waals surface area contributed by atoms with Crippen LogP contribution < -0.4 is 5.73 Å². The van der Waals surface area contributed by atoms with Crippen molar-refractivity contribution < 1.29 is 8.42 Å². The summed E-state index contributed by atoms with van der Waals surface area (Å²) in [6, 6.07) is 6.25. The number of nitrogens with two attached hydrogens (primary N) is 1. The molecule has 86 valence electrons. The van der Waals surface area contributed by atoms with E-state index < -0.39 is 15.1 Å². The van der Waals surface area contributed by atoms with Crippen LogP contribution in [-0.2, 0) is 9.84 Å². The third-order valence-corrected chi connectivity index (χ3v) is 4.00. The standard InChI is InChI=1S/C9H13NO2S.C2H6/c1-7(2)13(11,12)9-5-3-8(10)4-6-9;1-2/h3-7H,10H2,1-2H3;1-2H3. The fraction of sp³-hybridized carbons (Fsp3) is 0.455. The molecule has 0 aliphatic rings. The van der Waals surface area contributed by atoms with Gasteiger partial charge < -0.3 is 5.73 Å². The molecule has 0 saturated heterocycles. The normalized spacial score (nSPS) is 10.7. The van der Waals surface area contributed by atoms with Crippen LogP contribution in [0.15, 0.2) is 29.2 Å². The molecule has 4 heteroatoms. The fourth-order valence-electron chi connectivity index (χ4n) is 0.930. The smallest absolute Gasteiger partial charge is 0.180 e. The number of rotatable bonds is 2. The summed E-state index contributed by atoms with van der Waals surface area (Å²) in [6.07, 6.45) is 0. The summed E-state index contributed by atoms with van der Waals surface area (Å²) in [5.41, 5.74) is 6.02. The Balaban J connectivity index is 0.000000921. The summed E-state index contributed by atoms with van der Waals surface area (Å²) in [6.45, 7) is 7.32. The minimum atomic E-state index is -3.15. The molecule has 0 fully saturated rings. The molecular weight excluding hydrogens is 210 g/mol. The van der Waals surface area contributed by atoms with Gasteiger partial charge in [0.1, 0.15) is 0 Å². The van der Waals surface area contributed by atoms with Gasteiger partial charge in [0.05, 0.1) is 10.1 Å². The van der Waals surface area contributed by atoms with Gasteiger partial charge in [-0.05, 0) is 38.1 Å². The van der Waals surface area contributed by atoms with E-state index in [0.717, 1.165) is 0 Å². The molecule has 0 unspecified atom stereocenters. The van der Waals surface area contributed by atoms with Gasteiger partial charge in [-0.1, -0.05) is 13.8 Å². The van der Waals surface area contributed by atoms with Gasteiger partial charge in [0, 0.05) is 5.69 Å². The maximum absolute atomic E-state index is 11.6. The number of benzene rings is 1. The van der Waals surface area contributed by atoms with E-state index in [0.29, 0.717) is 10.6 Å². The summed E-state index contributed by atoms with van der Waals surface area (Å²) in [5, 5.41) is -0.392. The first kappa shape index (κ1) is 14.0. The van der Waals surface area contributed by atoms with Crippen molar-refractivity contribution in [2.75, 3.05) is 5.73 Å². The number of sulfone groups is 1. The Bertz CT molecular complexity index is 380. The summed E-state index contributed by atoms with van der Waals surface area (Å²) in [7, 11) is -3.15. The summed E-state index contributed by atoms with van der Waals surface area (Å²) >= 11 is 0. The highest BCUT2D eigenvalue weighted by molar-refractivity contribution is 7.92. The Morgan fingerprint density at radius 3 is 1.80 bits per heavy atom. The molecule has 0 atom stereocenters. The van der Waals surface area contributed by atoms with Gasteiger partial charge in [-0.25, -0.2) is 8.42 Å². The van der Waals surface area contributed by atoms with E-state index in [2.05, 4.69) is 0 Å². The molecule has 0 heterocycles. The maximum Gasteiger partial charge on any atom is 0.180 e. The lowest BCUT2D eigenvalue weighted by Crippen LogP contribution is -2.13. The van der Waals surface area contributed by atoms with Crippen molar-refractivity contribution in [3.05, 3.63) is 24.3 Å². The van der Waals surface area contributed by atoms with Crippen LogP contribution in [0.3, 0.4) is 0 Å². The molecule has 0 bridgehead atoms. The predicted octanol–water partition coefficient (Wildman–Crippen LogP) is 2.48. The minimum absolute atomic E-state index is 0.330. The molecule has 1 rings (SSSR count). The highest BCUT2D eigenvalue weighted by Crippen LogP contribution is 2.16. The van der Waals surface area contributed by atoms with Crippen LogP contribution >= 0.6 is 0 Å². The van der Waals surface area contributed by atoms with E-state index in [1.54, 1.807) is 26.0 Å². The average molecular weight is 229 g/mol. The zero-order valence-corrected chi connectivity index (χ0v) is 10.5. The van der Waals surface area contributed by atoms with E-state index in [1.807, 2.05) is 13.8 Å². The molecule has 0 spiro atoms. The van der Waals surface area contributed by atoms with Gasteiger partial charge in [-0.2, -0.15) is 0 Å². The molecule has 3 nitrogen and oxygen atoms in total. The van der Waals surface area contributed by atoms with Crippen molar-refractivity contribution in [3.63, 3.8) is 0 Å². The molecule has 15 heavy (non-hydrogen) atoms. The summed E-state index contributed by atoms with van der Waals surface area (Å²) in [5.74, 6) is 0. The fourth-order valence-corrected chi connectivity index (χ4v) is 1.99. The van der Waals surface area contributed by atoms with Gasteiger partial charge in [0.15, 0.2) is 9.84 Å². The number of anilines is 1. The van der Waals surface area contributed by atoms with E-state index >= 15 is 0 Å². The van der Waals surface area contributed by atoms with Gasteiger partial charge in [0.2, 0.25) is 0 Å². The second kappa shape index (κ2) is 5.75. The average Bonchev–Trinajstić information content (AvgIpc) is 2.21. The third kappa shape index (κ3) is 3.55. The molecule has 0 aliphatic carbocycles.